The lowest BCUT2D eigenvalue weighted by Gasteiger charge is -2.14. The Kier molecular flexibility index (Phi) is 7.46. The lowest BCUT2D eigenvalue weighted by atomic mass is 10.1. The molecule has 18 heavy (non-hydrogen) atoms. The highest BCUT2D eigenvalue weighted by Gasteiger charge is 2.00. The van der Waals surface area contributed by atoms with Crippen LogP contribution in [0.15, 0.2) is 24.3 Å². The van der Waals surface area contributed by atoms with Crippen molar-refractivity contribution in [2.45, 2.75) is 32.7 Å². The van der Waals surface area contributed by atoms with Gasteiger partial charge in [-0.1, -0.05) is 19.1 Å². The van der Waals surface area contributed by atoms with Gasteiger partial charge in [0.2, 0.25) is 0 Å². The molecule has 3 heteroatoms. The van der Waals surface area contributed by atoms with E-state index in [-0.39, 0.29) is 0 Å². The van der Waals surface area contributed by atoms with Crippen molar-refractivity contribution in [2.75, 3.05) is 26.7 Å². The summed E-state index contributed by atoms with van der Waals surface area (Å²) in [6.07, 6.45) is 2.25. The predicted molar refractivity (Wildman–Crippen MR) is 77.3 cm³/mol. The third kappa shape index (κ3) is 6.03. The fourth-order valence-electron chi connectivity index (χ4n) is 1.82. The molecular weight excluding hydrogens is 224 g/mol. The van der Waals surface area contributed by atoms with Crippen molar-refractivity contribution in [2.24, 2.45) is 0 Å². The molecule has 0 saturated heterocycles. The van der Waals surface area contributed by atoms with E-state index in [4.69, 9.17) is 4.74 Å². The van der Waals surface area contributed by atoms with Crippen LogP contribution in [0.2, 0.25) is 0 Å². The summed E-state index contributed by atoms with van der Waals surface area (Å²) >= 11 is 0. The minimum Gasteiger partial charge on any atom is -0.497 e. The Hall–Kier alpha value is -1.06. The third-order valence-electron chi connectivity index (χ3n) is 2.94. The lowest BCUT2D eigenvalue weighted by Crippen LogP contribution is -2.37. The summed E-state index contributed by atoms with van der Waals surface area (Å²) < 4.78 is 5.14. The van der Waals surface area contributed by atoms with Gasteiger partial charge in [0.1, 0.15) is 5.75 Å². The number of nitrogens with one attached hydrogen (secondary N) is 2. The SMILES string of the molecule is CCCNCC(C)NCCc1ccc(OC)cc1. The summed E-state index contributed by atoms with van der Waals surface area (Å²) in [5.41, 5.74) is 1.34. The first kappa shape index (κ1) is 15.0. The zero-order valence-electron chi connectivity index (χ0n) is 11.8. The van der Waals surface area contributed by atoms with E-state index in [1.54, 1.807) is 7.11 Å². The second-order valence-electron chi connectivity index (χ2n) is 4.66. The quantitative estimate of drug-likeness (QED) is 0.659. The maximum absolute atomic E-state index is 5.14. The van der Waals surface area contributed by atoms with E-state index in [0.29, 0.717) is 6.04 Å². The van der Waals surface area contributed by atoms with Crippen LogP contribution in [0.1, 0.15) is 25.8 Å². The molecule has 0 saturated carbocycles. The summed E-state index contributed by atoms with van der Waals surface area (Å²) in [7, 11) is 1.70. The monoisotopic (exact) mass is 250 g/mol. The number of methoxy groups -OCH3 is 1. The van der Waals surface area contributed by atoms with Crippen molar-refractivity contribution in [3.05, 3.63) is 29.8 Å². The Bertz CT molecular complexity index is 311. The molecule has 1 aromatic rings. The maximum Gasteiger partial charge on any atom is 0.118 e. The second kappa shape index (κ2) is 8.95. The van der Waals surface area contributed by atoms with Crippen molar-refractivity contribution in [1.82, 2.24) is 10.6 Å². The first-order valence-corrected chi connectivity index (χ1v) is 6.83. The van der Waals surface area contributed by atoms with E-state index < -0.39 is 0 Å². The van der Waals surface area contributed by atoms with Gasteiger partial charge in [-0.25, -0.2) is 0 Å². The van der Waals surface area contributed by atoms with Gasteiger partial charge in [-0.3, -0.25) is 0 Å². The molecule has 0 heterocycles. The molecule has 1 unspecified atom stereocenters. The van der Waals surface area contributed by atoms with Crippen LogP contribution < -0.4 is 15.4 Å². The molecule has 0 spiro atoms. The lowest BCUT2D eigenvalue weighted by molar-refractivity contribution is 0.414. The highest BCUT2D eigenvalue weighted by molar-refractivity contribution is 5.27. The number of ether oxygens (including phenoxy) is 1. The third-order valence-corrected chi connectivity index (χ3v) is 2.94. The molecule has 0 aliphatic carbocycles. The molecule has 0 amide bonds. The average molecular weight is 250 g/mol. The number of hydrogen-bond acceptors (Lipinski definition) is 3. The van der Waals surface area contributed by atoms with Crippen LogP contribution >= 0.6 is 0 Å². The highest BCUT2D eigenvalue weighted by Crippen LogP contribution is 2.11. The van der Waals surface area contributed by atoms with Gasteiger partial charge in [-0.05, 0) is 50.6 Å². The first-order chi connectivity index (χ1) is 8.76. The topological polar surface area (TPSA) is 33.3 Å². The molecule has 0 bridgehead atoms. The van der Waals surface area contributed by atoms with E-state index in [0.717, 1.165) is 31.8 Å². The molecule has 0 radical (unpaired) electrons. The van der Waals surface area contributed by atoms with Gasteiger partial charge in [-0.15, -0.1) is 0 Å². The van der Waals surface area contributed by atoms with Gasteiger partial charge in [0.25, 0.3) is 0 Å². The Morgan fingerprint density at radius 2 is 1.89 bits per heavy atom. The van der Waals surface area contributed by atoms with Crippen molar-refractivity contribution in [1.29, 1.82) is 0 Å². The number of benzene rings is 1. The van der Waals surface area contributed by atoms with Crippen molar-refractivity contribution < 1.29 is 4.74 Å². The molecule has 3 nitrogen and oxygen atoms in total. The summed E-state index contributed by atoms with van der Waals surface area (Å²) in [5, 5.41) is 6.94. The summed E-state index contributed by atoms with van der Waals surface area (Å²) in [6, 6.07) is 8.80. The summed E-state index contributed by atoms with van der Waals surface area (Å²) in [5.74, 6) is 0.920. The van der Waals surface area contributed by atoms with Crippen molar-refractivity contribution in [3.63, 3.8) is 0 Å². The largest absolute Gasteiger partial charge is 0.497 e. The highest BCUT2D eigenvalue weighted by atomic mass is 16.5. The average Bonchev–Trinajstić information content (AvgIpc) is 2.40. The van der Waals surface area contributed by atoms with E-state index in [2.05, 4.69) is 36.6 Å². The van der Waals surface area contributed by atoms with Gasteiger partial charge in [0.05, 0.1) is 7.11 Å². The van der Waals surface area contributed by atoms with Gasteiger partial charge in [0, 0.05) is 12.6 Å². The summed E-state index contributed by atoms with van der Waals surface area (Å²) in [4.78, 5) is 0. The molecule has 102 valence electrons. The normalized spacial score (nSPS) is 12.4. The van der Waals surface area contributed by atoms with E-state index in [1.165, 1.54) is 12.0 Å². The molecule has 1 atom stereocenters. The Balaban J connectivity index is 2.16. The van der Waals surface area contributed by atoms with E-state index in [1.807, 2.05) is 12.1 Å². The van der Waals surface area contributed by atoms with Crippen LogP contribution in [0.25, 0.3) is 0 Å². The minimum atomic E-state index is 0.523. The van der Waals surface area contributed by atoms with Crippen molar-refractivity contribution in [3.8, 4) is 5.75 Å². The van der Waals surface area contributed by atoms with Gasteiger partial charge in [0.15, 0.2) is 0 Å². The van der Waals surface area contributed by atoms with Crippen LogP contribution in [0.4, 0.5) is 0 Å². The minimum absolute atomic E-state index is 0.523. The zero-order chi connectivity index (χ0) is 13.2. The van der Waals surface area contributed by atoms with E-state index >= 15 is 0 Å². The molecule has 1 rings (SSSR count). The van der Waals surface area contributed by atoms with Gasteiger partial charge >= 0.3 is 0 Å². The number of hydrogen-bond donors (Lipinski definition) is 2. The molecular formula is C15H26N2O. The maximum atomic E-state index is 5.14. The Labute approximate surface area is 111 Å². The predicted octanol–water partition coefficient (Wildman–Crippen LogP) is 2.22. The number of rotatable bonds is 9. The summed E-state index contributed by atoms with van der Waals surface area (Å²) in [6.45, 7) is 7.56. The smallest absolute Gasteiger partial charge is 0.118 e. The van der Waals surface area contributed by atoms with E-state index in [9.17, 15) is 0 Å². The van der Waals surface area contributed by atoms with Gasteiger partial charge in [-0.2, -0.15) is 0 Å². The fraction of sp³-hybridized carbons (Fsp3) is 0.600. The van der Waals surface area contributed by atoms with Crippen molar-refractivity contribution >= 4 is 0 Å². The van der Waals surface area contributed by atoms with Crippen LogP contribution in [0, 0.1) is 0 Å². The molecule has 0 aliphatic rings. The molecule has 1 aromatic carbocycles. The van der Waals surface area contributed by atoms with Crippen LogP contribution in [-0.2, 0) is 6.42 Å². The first-order valence-electron chi connectivity index (χ1n) is 6.83. The van der Waals surface area contributed by atoms with Crippen LogP contribution in [0.3, 0.4) is 0 Å². The molecule has 0 aromatic heterocycles. The Morgan fingerprint density at radius 1 is 1.17 bits per heavy atom. The van der Waals surface area contributed by atoms with Gasteiger partial charge < -0.3 is 15.4 Å². The fourth-order valence-corrected chi connectivity index (χ4v) is 1.82. The second-order valence-corrected chi connectivity index (χ2v) is 4.66. The Morgan fingerprint density at radius 3 is 2.50 bits per heavy atom. The van der Waals surface area contributed by atoms with Crippen LogP contribution in [-0.4, -0.2) is 32.8 Å². The van der Waals surface area contributed by atoms with Crippen LogP contribution in [0.5, 0.6) is 5.75 Å². The molecule has 0 aliphatic heterocycles. The molecule has 0 fully saturated rings. The standard InChI is InChI=1S/C15H26N2O/c1-4-10-16-12-13(2)17-11-9-14-5-7-15(18-3)8-6-14/h5-8,13,16-17H,4,9-12H2,1-3H3. The zero-order valence-corrected chi connectivity index (χ0v) is 11.8. The molecule has 2 N–H and O–H groups in total.